The zero-order valence-corrected chi connectivity index (χ0v) is 16.8. The third-order valence-electron chi connectivity index (χ3n) is 4.95. The number of nitrogens with two attached hydrogens (primary N) is 1. The van der Waals surface area contributed by atoms with Crippen LogP contribution in [0.1, 0.15) is 29.0 Å². The molecule has 1 amide bonds. The van der Waals surface area contributed by atoms with Crippen LogP contribution in [-0.4, -0.2) is 45.0 Å². The Hall–Kier alpha value is -3.76. The van der Waals surface area contributed by atoms with Crippen LogP contribution in [0.25, 0.3) is 11.5 Å². The average molecular weight is 444 g/mol. The molecule has 8 nitrogen and oxygen atoms in total. The van der Waals surface area contributed by atoms with Crippen molar-refractivity contribution in [3.05, 3.63) is 60.2 Å². The molecule has 0 bridgehead atoms. The van der Waals surface area contributed by atoms with Gasteiger partial charge in [0.2, 0.25) is 0 Å². The highest BCUT2D eigenvalue weighted by molar-refractivity contribution is 5.91. The molecule has 0 radical (unpaired) electrons. The fourth-order valence-corrected chi connectivity index (χ4v) is 3.37. The van der Waals surface area contributed by atoms with E-state index in [4.69, 9.17) is 10.5 Å². The van der Waals surface area contributed by atoms with E-state index < -0.39 is 17.8 Å². The predicted octanol–water partition coefficient (Wildman–Crippen LogP) is 3.10. The highest BCUT2D eigenvalue weighted by Crippen LogP contribution is 2.32. The Morgan fingerprint density at radius 3 is 2.50 bits per heavy atom. The van der Waals surface area contributed by atoms with Gasteiger partial charge in [-0.25, -0.2) is 9.97 Å². The van der Waals surface area contributed by atoms with E-state index in [0.717, 1.165) is 6.07 Å². The van der Waals surface area contributed by atoms with Gasteiger partial charge in [0.25, 0.3) is 5.91 Å². The summed E-state index contributed by atoms with van der Waals surface area (Å²) in [6.07, 6.45) is -0.763. The van der Waals surface area contributed by atoms with Crippen molar-refractivity contribution in [1.29, 1.82) is 0 Å². The number of amides is 1. The Kier molecular flexibility index (Phi) is 5.89. The SMILES string of the molecule is NC(=O)c1cc(OC2CCN(c3cc(C(F)(F)F)nc(-c4ccccn4)n3)CC2)ccn1. The number of anilines is 1. The van der Waals surface area contributed by atoms with E-state index in [1.165, 1.54) is 18.5 Å². The smallest absolute Gasteiger partial charge is 0.433 e. The average Bonchev–Trinajstić information content (AvgIpc) is 2.79. The maximum atomic E-state index is 13.4. The summed E-state index contributed by atoms with van der Waals surface area (Å²) in [5, 5.41) is 0. The molecule has 0 aromatic carbocycles. The molecule has 4 rings (SSSR count). The zero-order chi connectivity index (χ0) is 22.7. The van der Waals surface area contributed by atoms with E-state index in [0.29, 0.717) is 31.7 Å². The van der Waals surface area contributed by atoms with E-state index in [9.17, 15) is 18.0 Å². The molecule has 1 fully saturated rings. The first kappa shape index (κ1) is 21.5. The van der Waals surface area contributed by atoms with Gasteiger partial charge in [0.15, 0.2) is 11.5 Å². The molecule has 0 atom stereocenters. The van der Waals surface area contributed by atoms with Crippen LogP contribution in [0.3, 0.4) is 0 Å². The van der Waals surface area contributed by atoms with Crippen molar-refractivity contribution in [3.8, 4) is 17.3 Å². The Balaban J connectivity index is 1.50. The molecule has 1 aliphatic rings. The minimum atomic E-state index is -4.61. The minimum Gasteiger partial charge on any atom is -0.490 e. The molecule has 3 aromatic rings. The van der Waals surface area contributed by atoms with Crippen molar-refractivity contribution in [2.45, 2.75) is 25.1 Å². The Morgan fingerprint density at radius 1 is 1.06 bits per heavy atom. The number of hydrogen-bond donors (Lipinski definition) is 1. The second-order valence-corrected chi connectivity index (χ2v) is 7.19. The fourth-order valence-electron chi connectivity index (χ4n) is 3.37. The van der Waals surface area contributed by atoms with Crippen LogP contribution in [0.2, 0.25) is 0 Å². The maximum Gasteiger partial charge on any atom is 0.433 e. The van der Waals surface area contributed by atoms with Gasteiger partial charge in [-0.15, -0.1) is 0 Å². The summed E-state index contributed by atoms with van der Waals surface area (Å²) in [4.78, 5) is 29.0. The highest BCUT2D eigenvalue weighted by Gasteiger charge is 2.35. The van der Waals surface area contributed by atoms with Crippen molar-refractivity contribution < 1.29 is 22.7 Å². The van der Waals surface area contributed by atoms with Gasteiger partial charge in [-0.3, -0.25) is 14.8 Å². The summed E-state index contributed by atoms with van der Waals surface area (Å²) in [5.41, 5.74) is 4.58. The number of halogens is 3. The minimum absolute atomic E-state index is 0.0791. The first-order chi connectivity index (χ1) is 15.3. The monoisotopic (exact) mass is 444 g/mol. The van der Waals surface area contributed by atoms with Gasteiger partial charge in [-0.05, 0) is 18.2 Å². The van der Waals surface area contributed by atoms with Crippen molar-refractivity contribution in [2.24, 2.45) is 5.73 Å². The third-order valence-corrected chi connectivity index (χ3v) is 4.95. The lowest BCUT2D eigenvalue weighted by atomic mass is 10.1. The molecule has 0 saturated carbocycles. The highest BCUT2D eigenvalue weighted by atomic mass is 19.4. The molecule has 0 unspecified atom stereocenters. The van der Waals surface area contributed by atoms with E-state index in [-0.39, 0.29) is 29.1 Å². The van der Waals surface area contributed by atoms with Gasteiger partial charge < -0.3 is 15.4 Å². The van der Waals surface area contributed by atoms with E-state index >= 15 is 0 Å². The summed E-state index contributed by atoms with van der Waals surface area (Å²) in [5.74, 6) is -0.0831. The molecule has 2 N–H and O–H groups in total. The lowest BCUT2D eigenvalue weighted by Crippen LogP contribution is -2.39. The molecule has 1 saturated heterocycles. The van der Waals surface area contributed by atoms with Crippen molar-refractivity contribution >= 4 is 11.7 Å². The van der Waals surface area contributed by atoms with Gasteiger partial charge in [0.05, 0.1) is 0 Å². The molecule has 0 aliphatic carbocycles. The van der Waals surface area contributed by atoms with E-state index in [2.05, 4.69) is 19.9 Å². The number of primary amides is 1. The van der Waals surface area contributed by atoms with Gasteiger partial charge in [-0.2, -0.15) is 13.2 Å². The number of carbonyl (C=O) groups is 1. The number of carbonyl (C=O) groups excluding carboxylic acids is 1. The number of nitrogens with zero attached hydrogens (tertiary/aromatic N) is 5. The summed E-state index contributed by atoms with van der Waals surface area (Å²) in [6.45, 7) is 0.878. The number of hydrogen-bond acceptors (Lipinski definition) is 7. The first-order valence-electron chi connectivity index (χ1n) is 9.85. The number of rotatable bonds is 5. The molecular formula is C21H19F3N6O2. The summed E-state index contributed by atoms with van der Waals surface area (Å²) < 4.78 is 46.2. The largest absolute Gasteiger partial charge is 0.490 e. The fraction of sp³-hybridized carbons (Fsp3) is 0.286. The second-order valence-electron chi connectivity index (χ2n) is 7.19. The van der Waals surface area contributed by atoms with Crippen LogP contribution in [0.4, 0.5) is 19.0 Å². The number of piperidine rings is 1. The van der Waals surface area contributed by atoms with E-state index in [1.54, 1.807) is 29.2 Å². The van der Waals surface area contributed by atoms with Crippen molar-refractivity contribution in [1.82, 2.24) is 19.9 Å². The molecule has 0 spiro atoms. The van der Waals surface area contributed by atoms with Crippen LogP contribution < -0.4 is 15.4 Å². The van der Waals surface area contributed by atoms with Gasteiger partial charge in [0, 0.05) is 50.5 Å². The Morgan fingerprint density at radius 2 is 1.84 bits per heavy atom. The second kappa shape index (κ2) is 8.77. The molecule has 3 aromatic heterocycles. The molecular weight excluding hydrogens is 425 g/mol. The van der Waals surface area contributed by atoms with Gasteiger partial charge in [0.1, 0.15) is 29.1 Å². The first-order valence-corrected chi connectivity index (χ1v) is 9.85. The maximum absolute atomic E-state index is 13.4. The molecule has 11 heteroatoms. The lowest BCUT2D eigenvalue weighted by molar-refractivity contribution is -0.141. The zero-order valence-electron chi connectivity index (χ0n) is 16.8. The van der Waals surface area contributed by atoms with Crippen LogP contribution in [-0.2, 0) is 6.18 Å². The summed E-state index contributed by atoms with van der Waals surface area (Å²) >= 11 is 0. The lowest BCUT2D eigenvalue weighted by Gasteiger charge is -2.33. The summed E-state index contributed by atoms with van der Waals surface area (Å²) in [6, 6.07) is 8.94. The number of alkyl halides is 3. The van der Waals surface area contributed by atoms with E-state index in [1.807, 2.05) is 0 Å². The number of pyridine rings is 2. The van der Waals surface area contributed by atoms with Crippen LogP contribution >= 0.6 is 0 Å². The van der Waals surface area contributed by atoms with Crippen LogP contribution in [0.5, 0.6) is 5.75 Å². The van der Waals surface area contributed by atoms with Gasteiger partial charge in [-0.1, -0.05) is 6.07 Å². The molecule has 32 heavy (non-hydrogen) atoms. The number of aromatic nitrogens is 4. The molecule has 4 heterocycles. The third kappa shape index (κ3) is 4.93. The standard InChI is InChI=1S/C21H19F3N6O2/c22-21(23,24)17-12-18(29-20(28-17)15-3-1-2-7-26-15)30-9-5-13(6-10-30)32-14-4-8-27-16(11-14)19(25)31/h1-4,7-8,11-13H,5-6,9-10H2,(H2,25,31). The van der Waals surface area contributed by atoms with Gasteiger partial charge >= 0.3 is 6.18 Å². The van der Waals surface area contributed by atoms with Crippen molar-refractivity contribution in [3.63, 3.8) is 0 Å². The predicted molar refractivity (Wildman–Crippen MR) is 109 cm³/mol. The number of ether oxygens (including phenoxy) is 1. The Bertz CT molecular complexity index is 1100. The topological polar surface area (TPSA) is 107 Å². The quantitative estimate of drug-likeness (QED) is 0.644. The van der Waals surface area contributed by atoms with Crippen LogP contribution in [0.15, 0.2) is 48.8 Å². The Labute approximate surface area is 181 Å². The normalized spacial score (nSPS) is 14.9. The summed E-state index contributed by atoms with van der Waals surface area (Å²) in [7, 11) is 0. The van der Waals surface area contributed by atoms with Crippen molar-refractivity contribution in [2.75, 3.05) is 18.0 Å². The van der Waals surface area contributed by atoms with Crippen LogP contribution in [0, 0.1) is 0 Å². The molecule has 166 valence electrons. The molecule has 1 aliphatic heterocycles.